The van der Waals surface area contributed by atoms with Crippen LogP contribution >= 0.6 is 0 Å². The van der Waals surface area contributed by atoms with E-state index in [1.807, 2.05) is 57.2 Å². The van der Waals surface area contributed by atoms with E-state index in [-0.39, 0.29) is 55.4 Å². The number of benzene rings is 1. The molecule has 1 heterocycles. The topological polar surface area (TPSA) is 352 Å². The second-order valence-corrected chi connectivity index (χ2v) is 18.0. The number of carbonyl (C=O) groups excluding carboxylic acids is 7. The first kappa shape index (κ1) is 60.0. The lowest BCUT2D eigenvalue weighted by Crippen LogP contribution is -2.56. The molecule has 22 nitrogen and oxygen atoms in total. The molecule has 0 aliphatic carbocycles. The summed E-state index contributed by atoms with van der Waals surface area (Å²) in [5, 5.41) is 37.7. The maximum atomic E-state index is 14.3. The molecule has 1 aromatic carbocycles. The summed E-state index contributed by atoms with van der Waals surface area (Å²) in [6.07, 6.45) is 5.51. The fraction of sp³-hybridized carbons (Fsp3) is 0.551. The molecule has 0 aromatic heterocycles. The maximum Gasteiger partial charge on any atom is 0.326 e. The number of nitrogens with zero attached hydrogens (tertiary/aromatic N) is 1. The van der Waals surface area contributed by atoms with Gasteiger partial charge >= 0.3 is 11.9 Å². The molecule has 1 fully saturated rings. The maximum absolute atomic E-state index is 14.3. The Balaban J connectivity index is 2.69. The molecule has 1 aromatic rings. The average Bonchev–Trinajstić information content (AvgIpc) is 3.30. The largest absolute Gasteiger partial charge is 0.480 e. The van der Waals surface area contributed by atoms with Crippen molar-refractivity contribution in [3.8, 4) is 0 Å². The summed E-state index contributed by atoms with van der Waals surface area (Å²) in [5.74, 6) is -10.7. The molecule has 1 aliphatic heterocycles. The van der Waals surface area contributed by atoms with Crippen LogP contribution in [0.2, 0.25) is 0 Å². The highest BCUT2D eigenvalue weighted by molar-refractivity contribution is 6.00. The number of aliphatic carboxylic acids is 2. The van der Waals surface area contributed by atoms with Gasteiger partial charge in [-0.3, -0.25) is 38.6 Å². The lowest BCUT2D eigenvalue weighted by atomic mass is 9.94. The van der Waals surface area contributed by atoms with Gasteiger partial charge in [0.1, 0.15) is 35.9 Å². The number of carbonyl (C=O) groups is 9. The number of nitrogens with two attached hydrogens (primary N) is 2. The third kappa shape index (κ3) is 22.0. The van der Waals surface area contributed by atoms with Crippen LogP contribution in [0.5, 0.6) is 0 Å². The van der Waals surface area contributed by atoms with Gasteiger partial charge in [0, 0.05) is 26.0 Å². The van der Waals surface area contributed by atoms with Crippen molar-refractivity contribution >= 4 is 59.2 Å². The van der Waals surface area contributed by atoms with Gasteiger partial charge in [-0.1, -0.05) is 87.9 Å². The number of carboxylic acids is 2. The average molecular weight is 995 g/mol. The standard InChI is InChI=1S/C49H74N10O12/c1-9-33-44(64)53-31(7)43(63)57-36(19-17-27(2)3)46(66)59-38(48(69)70)26-41(61)55-35(16-13-23-52-49(50)51)45(65)56-34(30(6)42(62)58-37(47(67)68)21-22-40(60)54-33)20-18-28(4)24-29(5)39(71-8)25-32-14-11-10-12-15-32/h9-12,14-15,18,20,24,27,29-31,34-39H,13,16-17,19,21-23,25-26H2,1-8H3,(H,53,64)(H,54,60)(H,55,61)(H,56,65)(H,57,63)(H,58,62)(H,59,66)(H,67,68)(H,69,70)(H4,50,51,52)/b20-18+,28-24+,33-9+/t29-,30-,31+,34?,35?,36-,37+,38?,39-/m0/s1. The van der Waals surface area contributed by atoms with Crippen molar-refractivity contribution in [1.82, 2.24) is 37.2 Å². The second kappa shape index (κ2) is 30.5. The Labute approximate surface area is 415 Å². The van der Waals surface area contributed by atoms with Gasteiger partial charge in [0.25, 0.3) is 5.91 Å². The third-order valence-electron chi connectivity index (χ3n) is 11.6. The minimum atomic E-state index is -1.84. The fourth-order valence-electron chi connectivity index (χ4n) is 7.33. The van der Waals surface area contributed by atoms with Gasteiger partial charge in [0.15, 0.2) is 5.96 Å². The molecule has 7 amide bonds. The number of allylic oxidation sites excluding steroid dienone is 3. The normalized spacial score (nSPS) is 24.7. The van der Waals surface area contributed by atoms with Crippen molar-refractivity contribution < 1.29 is 58.1 Å². The van der Waals surface area contributed by atoms with Crippen molar-refractivity contribution in [1.29, 1.82) is 0 Å². The number of amides is 7. The SMILES string of the molecule is C/C=C1/NC(=O)CC[C@H](C(=O)O)NC(=O)[C@@H](C)C(/C=C/C(C)=C/[C@H](C)[C@H](Cc2ccccc2)OC)NC(=O)C(CCCN=C(N)N)NC(=O)CC(C(=O)O)NC(=O)[C@H](CCC(C)C)NC(=O)[C@@H](C)NC1=O. The zero-order valence-corrected chi connectivity index (χ0v) is 41.9. The smallest absolute Gasteiger partial charge is 0.326 e. The molecule has 9 atom stereocenters. The van der Waals surface area contributed by atoms with Gasteiger partial charge in [0.2, 0.25) is 35.4 Å². The Hall–Kier alpha value is -7.10. The molecule has 22 heteroatoms. The molecular formula is C49H74N10O12. The van der Waals surface area contributed by atoms with E-state index in [0.29, 0.717) is 18.4 Å². The first-order valence-electron chi connectivity index (χ1n) is 23.7. The van der Waals surface area contributed by atoms with Gasteiger partial charge in [-0.05, 0) is 70.8 Å². The molecule has 3 unspecified atom stereocenters. The molecule has 0 bridgehead atoms. The zero-order chi connectivity index (χ0) is 53.4. The Morgan fingerprint density at radius 3 is 2.03 bits per heavy atom. The van der Waals surface area contributed by atoms with E-state index >= 15 is 0 Å². The predicted octanol–water partition coefficient (Wildman–Crippen LogP) is 0.810. The van der Waals surface area contributed by atoms with Crippen LogP contribution in [0.25, 0.3) is 0 Å². The highest BCUT2D eigenvalue weighted by atomic mass is 16.5. The summed E-state index contributed by atoms with van der Waals surface area (Å²) in [7, 11) is 1.61. The van der Waals surface area contributed by atoms with Crippen LogP contribution in [-0.4, -0.2) is 125 Å². The number of aliphatic imine (C=N–C) groups is 1. The number of ether oxygens (including phenoxy) is 1. The minimum Gasteiger partial charge on any atom is -0.480 e. The quantitative estimate of drug-likeness (QED) is 0.0359. The number of hydrogen-bond donors (Lipinski definition) is 11. The first-order chi connectivity index (χ1) is 33.4. The van der Waals surface area contributed by atoms with Gasteiger partial charge in [-0.15, -0.1) is 0 Å². The van der Waals surface area contributed by atoms with E-state index in [4.69, 9.17) is 16.2 Å². The van der Waals surface area contributed by atoms with Crippen LogP contribution in [0.4, 0.5) is 0 Å². The minimum absolute atomic E-state index is 0.0310. The highest BCUT2D eigenvalue weighted by Gasteiger charge is 2.34. The summed E-state index contributed by atoms with van der Waals surface area (Å²) in [6, 6.07) is 1.14. The van der Waals surface area contributed by atoms with Crippen molar-refractivity contribution in [3.05, 3.63) is 71.5 Å². The Morgan fingerprint density at radius 1 is 0.817 bits per heavy atom. The van der Waals surface area contributed by atoms with Crippen LogP contribution in [0.1, 0.15) is 99.0 Å². The summed E-state index contributed by atoms with van der Waals surface area (Å²) in [6.45, 7) is 11.7. The molecule has 0 spiro atoms. The molecule has 1 aliphatic rings. The second-order valence-electron chi connectivity index (χ2n) is 18.0. The molecule has 392 valence electrons. The first-order valence-corrected chi connectivity index (χ1v) is 23.7. The van der Waals surface area contributed by atoms with Crippen molar-refractivity contribution in [2.24, 2.45) is 34.2 Å². The molecule has 0 radical (unpaired) electrons. The van der Waals surface area contributed by atoms with Crippen LogP contribution < -0.4 is 48.7 Å². The van der Waals surface area contributed by atoms with Crippen molar-refractivity contribution in [3.63, 3.8) is 0 Å². The number of methoxy groups -OCH3 is 1. The Kier molecular flexibility index (Phi) is 25.8. The lowest BCUT2D eigenvalue weighted by molar-refractivity contribution is -0.144. The van der Waals surface area contributed by atoms with Crippen molar-refractivity contribution in [2.45, 2.75) is 142 Å². The van der Waals surface area contributed by atoms with Crippen LogP contribution in [0.15, 0.2) is 70.9 Å². The lowest BCUT2D eigenvalue weighted by Gasteiger charge is -2.27. The monoisotopic (exact) mass is 995 g/mol. The van der Waals surface area contributed by atoms with Gasteiger partial charge in [-0.2, -0.15) is 0 Å². The van der Waals surface area contributed by atoms with E-state index in [0.717, 1.165) is 5.56 Å². The third-order valence-corrected chi connectivity index (χ3v) is 11.6. The van der Waals surface area contributed by atoms with E-state index in [1.165, 1.54) is 32.9 Å². The number of hydrogen-bond acceptors (Lipinski definition) is 11. The summed E-state index contributed by atoms with van der Waals surface area (Å²) >= 11 is 0. The van der Waals surface area contributed by atoms with Crippen LogP contribution in [0, 0.1) is 17.8 Å². The van der Waals surface area contributed by atoms with E-state index in [9.17, 15) is 53.4 Å². The number of guanidine groups is 1. The van der Waals surface area contributed by atoms with Gasteiger partial charge in [-0.25, -0.2) is 9.59 Å². The number of rotatable bonds is 16. The Morgan fingerprint density at radius 2 is 1.44 bits per heavy atom. The molecular weight excluding hydrogens is 921 g/mol. The van der Waals surface area contributed by atoms with Gasteiger partial charge in [0.05, 0.1) is 24.5 Å². The van der Waals surface area contributed by atoms with E-state index in [2.05, 4.69) is 42.2 Å². The van der Waals surface area contributed by atoms with E-state index in [1.54, 1.807) is 20.1 Å². The molecule has 2 rings (SSSR count). The highest BCUT2D eigenvalue weighted by Crippen LogP contribution is 2.18. The van der Waals surface area contributed by atoms with Crippen LogP contribution in [-0.2, 0) is 54.3 Å². The van der Waals surface area contributed by atoms with E-state index < -0.39 is 115 Å². The summed E-state index contributed by atoms with van der Waals surface area (Å²) in [4.78, 5) is 124. The fourth-order valence-corrected chi connectivity index (χ4v) is 7.33. The Bertz CT molecular complexity index is 2140. The van der Waals surface area contributed by atoms with Crippen LogP contribution in [0.3, 0.4) is 0 Å². The summed E-state index contributed by atoms with van der Waals surface area (Å²) < 4.78 is 5.81. The number of carboxylic acid groups (broad SMARTS) is 2. The number of nitrogens with one attached hydrogen (secondary N) is 7. The molecule has 71 heavy (non-hydrogen) atoms. The molecule has 0 saturated carbocycles. The molecule has 1 saturated heterocycles. The van der Waals surface area contributed by atoms with Crippen molar-refractivity contribution in [2.75, 3.05) is 13.7 Å². The molecule has 13 N–H and O–H groups in total. The predicted molar refractivity (Wildman–Crippen MR) is 264 cm³/mol. The summed E-state index contributed by atoms with van der Waals surface area (Å²) in [5.41, 5.74) is 12.5. The van der Waals surface area contributed by atoms with Gasteiger partial charge < -0.3 is 63.6 Å². The zero-order valence-electron chi connectivity index (χ0n) is 41.9.